The van der Waals surface area contributed by atoms with Gasteiger partial charge in [0.05, 0.1) is 11.6 Å². The number of benzene rings is 1. The van der Waals surface area contributed by atoms with Gasteiger partial charge < -0.3 is 0 Å². The highest BCUT2D eigenvalue weighted by atomic mass is 35.5. The van der Waals surface area contributed by atoms with Crippen LogP contribution < -0.4 is 0 Å². The molecule has 1 aromatic rings. The molecule has 6 heteroatoms. The molecule has 4 nitrogen and oxygen atoms in total. The first-order chi connectivity index (χ1) is 8.90. The molecule has 100 valence electrons. The highest BCUT2D eigenvalue weighted by Crippen LogP contribution is 2.23. The number of Topliss-reactive ketones (excluding diaryl/α,β-unsaturated/α-hetero) is 1. The lowest BCUT2D eigenvalue weighted by atomic mass is 10.1. The average molecular weight is 300 g/mol. The van der Waals surface area contributed by atoms with Crippen molar-refractivity contribution in [3.63, 3.8) is 0 Å². The normalized spacial score (nSPS) is 19.1. The second-order valence-corrected chi connectivity index (χ2v) is 5.31. The number of rotatable bonds is 3. The van der Waals surface area contributed by atoms with Gasteiger partial charge >= 0.3 is 0 Å². The number of nitrogens with zero attached hydrogens (tertiary/aromatic N) is 1. The van der Waals surface area contributed by atoms with Crippen LogP contribution in [0.4, 0.5) is 0 Å². The van der Waals surface area contributed by atoms with Crippen molar-refractivity contribution in [3.8, 4) is 0 Å². The molecule has 2 rings (SSSR count). The molecule has 1 aliphatic rings. The topological polar surface area (TPSA) is 54.5 Å². The zero-order valence-corrected chi connectivity index (χ0v) is 11.7. The second-order valence-electron chi connectivity index (χ2n) is 4.47. The number of carbonyl (C=O) groups is 3. The number of carbonyl (C=O) groups excluding carboxylic acids is 3. The summed E-state index contributed by atoms with van der Waals surface area (Å²) in [5.74, 6) is -1.38. The Hall–Kier alpha value is -1.39. The number of imide groups is 1. The van der Waals surface area contributed by atoms with E-state index in [9.17, 15) is 14.4 Å². The molecule has 1 saturated heterocycles. The lowest BCUT2D eigenvalue weighted by Gasteiger charge is -2.13. The maximum Gasteiger partial charge on any atom is 0.232 e. The van der Waals surface area contributed by atoms with Gasteiger partial charge in [0.25, 0.3) is 0 Å². The van der Waals surface area contributed by atoms with Gasteiger partial charge in [-0.2, -0.15) is 0 Å². The summed E-state index contributed by atoms with van der Waals surface area (Å²) in [7, 11) is 0. The quantitative estimate of drug-likeness (QED) is 0.637. The number of likely N-dealkylation sites (tertiary alicyclic amines) is 1. The summed E-state index contributed by atoms with van der Waals surface area (Å²) < 4.78 is 0. The Morgan fingerprint density at radius 3 is 2.58 bits per heavy atom. The minimum atomic E-state index is -0.377. The third-order valence-electron chi connectivity index (χ3n) is 3.00. The average Bonchev–Trinajstić information content (AvgIpc) is 2.56. The molecule has 0 aliphatic carbocycles. The van der Waals surface area contributed by atoms with Gasteiger partial charge in [-0.3, -0.25) is 19.3 Å². The van der Waals surface area contributed by atoms with Crippen molar-refractivity contribution < 1.29 is 14.4 Å². The first-order valence-corrected chi connectivity index (χ1v) is 6.48. The van der Waals surface area contributed by atoms with Gasteiger partial charge in [-0.25, -0.2) is 0 Å². The third-order valence-corrected chi connectivity index (χ3v) is 3.55. The van der Waals surface area contributed by atoms with Gasteiger partial charge in [-0.1, -0.05) is 30.1 Å². The second kappa shape index (κ2) is 5.31. The summed E-state index contributed by atoms with van der Waals surface area (Å²) in [6, 6.07) is 4.48. The molecule has 0 bridgehead atoms. The van der Waals surface area contributed by atoms with Gasteiger partial charge in [-0.05, 0) is 18.2 Å². The van der Waals surface area contributed by atoms with Crippen LogP contribution in [0.2, 0.25) is 10.0 Å². The van der Waals surface area contributed by atoms with Crippen LogP contribution in [0.5, 0.6) is 0 Å². The van der Waals surface area contributed by atoms with Crippen molar-refractivity contribution >= 4 is 40.8 Å². The van der Waals surface area contributed by atoms with Gasteiger partial charge in [0, 0.05) is 22.9 Å². The van der Waals surface area contributed by atoms with Crippen LogP contribution in [-0.4, -0.2) is 29.0 Å². The predicted octanol–water partition coefficient (Wildman–Crippen LogP) is 2.57. The van der Waals surface area contributed by atoms with Crippen LogP contribution in [0.1, 0.15) is 23.7 Å². The van der Waals surface area contributed by atoms with Crippen LogP contribution in [0.25, 0.3) is 0 Å². The van der Waals surface area contributed by atoms with Crippen LogP contribution in [-0.2, 0) is 9.59 Å². The third kappa shape index (κ3) is 2.80. The Morgan fingerprint density at radius 1 is 1.37 bits per heavy atom. The van der Waals surface area contributed by atoms with E-state index < -0.39 is 0 Å². The molecule has 1 heterocycles. The molecule has 0 radical (unpaired) electrons. The van der Waals surface area contributed by atoms with Crippen LogP contribution in [0, 0.1) is 5.92 Å². The molecule has 19 heavy (non-hydrogen) atoms. The summed E-state index contributed by atoms with van der Waals surface area (Å²) in [5, 5.41) is 0.633. The number of ketones is 1. The van der Waals surface area contributed by atoms with Gasteiger partial charge in [0.1, 0.15) is 0 Å². The lowest BCUT2D eigenvalue weighted by Crippen LogP contribution is -2.35. The number of halogens is 2. The minimum Gasteiger partial charge on any atom is -0.292 e. The van der Waals surface area contributed by atoms with Gasteiger partial charge in [0.2, 0.25) is 11.8 Å². The maximum absolute atomic E-state index is 12.1. The van der Waals surface area contributed by atoms with Crippen molar-refractivity contribution in [1.82, 2.24) is 4.90 Å². The van der Waals surface area contributed by atoms with Crippen molar-refractivity contribution in [1.29, 1.82) is 0 Å². The standard InChI is InChI=1S/C13H11Cl2NO3/c1-7-4-12(18)16(13(7)19)6-11(17)9-3-2-8(14)5-10(9)15/h2-3,5,7H,4,6H2,1H3. The largest absolute Gasteiger partial charge is 0.292 e. The maximum atomic E-state index is 12.1. The van der Waals surface area contributed by atoms with E-state index in [2.05, 4.69) is 0 Å². The van der Waals surface area contributed by atoms with E-state index in [1.165, 1.54) is 18.2 Å². The van der Waals surface area contributed by atoms with Crippen LogP contribution in [0.15, 0.2) is 18.2 Å². The van der Waals surface area contributed by atoms with Crippen molar-refractivity contribution in [3.05, 3.63) is 33.8 Å². The Labute approximate surface area is 120 Å². The predicted molar refractivity (Wildman–Crippen MR) is 71.3 cm³/mol. The molecule has 0 saturated carbocycles. The van der Waals surface area contributed by atoms with Crippen molar-refractivity contribution in [2.75, 3.05) is 6.54 Å². The summed E-state index contributed by atoms with van der Waals surface area (Å²) in [4.78, 5) is 36.4. The number of hydrogen-bond acceptors (Lipinski definition) is 3. The summed E-state index contributed by atoms with van der Waals surface area (Å²) in [5.41, 5.74) is 0.256. The van der Waals surface area contributed by atoms with E-state index in [4.69, 9.17) is 23.2 Å². The molecule has 0 aromatic heterocycles. The number of hydrogen-bond donors (Lipinski definition) is 0. The zero-order chi connectivity index (χ0) is 14.2. The van der Waals surface area contributed by atoms with Crippen LogP contribution >= 0.6 is 23.2 Å². The fourth-order valence-corrected chi connectivity index (χ4v) is 2.47. The first kappa shape index (κ1) is 14.0. The first-order valence-electron chi connectivity index (χ1n) is 5.72. The lowest BCUT2D eigenvalue weighted by molar-refractivity contribution is -0.138. The molecule has 2 amide bonds. The molecule has 1 unspecified atom stereocenters. The molecular weight excluding hydrogens is 289 g/mol. The molecule has 1 atom stereocenters. The van der Waals surface area contributed by atoms with E-state index in [0.717, 1.165) is 4.90 Å². The molecule has 1 fully saturated rings. The molecule has 1 aliphatic heterocycles. The SMILES string of the molecule is CC1CC(=O)N(CC(=O)c2ccc(Cl)cc2Cl)C1=O. The van der Waals surface area contributed by atoms with Crippen LogP contribution in [0.3, 0.4) is 0 Å². The molecular formula is C13H11Cl2NO3. The van der Waals surface area contributed by atoms with E-state index in [1.807, 2.05) is 0 Å². The van der Waals surface area contributed by atoms with Crippen molar-refractivity contribution in [2.45, 2.75) is 13.3 Å². The monoisotopic (exact) mass is 299 g/mol. The van der Waals surface area contributed by atoms with E-state index in [1.54, 1.807) is 6.92 Å². The molecule has 0 N–H and O–H groups in total. The van der Waals surface area contributed by atoms with Gasteiger partial charge in [-0.15, -0.1) is 0 Å². The Morgan fingerprint density at radius 2 is 2.05 bits per heavy atom. The summed E-state index contributed by atoms with van der Waals surface area (Å²) >= 11 is 11.7. The Balaban J connectivity index is 2.18. The highest BCUT2D eigenvalue weighted by Gasteiger charge is 2.36. The fourth-order valence-electron chi connectivity index (χ4n) is 1.96. The number of amides is 2. The van der Waals surface area contributed by atoms with E-state index in [-0.39, 0.29) is 47.1 Å². The van der Waals surface area contributed by atoms with E-state index in [0.29, 0.717) is 5.02 Å². The van der Waals surface area contributed by atoms with Gasteiger partial charge in [0.15, 0.2) is 5.78 Å². The zero-order valence-electron chi connectivity index (χ0n) is 10.2. The smallest absolute Gasteiger partial charge is 0.232 e. The molecule has 0 spiro atoms. The molecule has 1 aromatic carbocycles. The van der Waals surface area contributed by atoms with E-state index >= 15 is 0 Å². The fraction of sp³-hybridized carbons (Fsp3) is 0.308. The van der Waals surface area contributed by atoms with Crippen molar-refractivity contribution in [2.24, 2.45) is 5.92 Å². The Kier molecular flexibility index (Phi) is 3.92. The summed E-state index contributed by atoms with van der Waals surface area (Å²) in [6.45, 7) is 1.39. The summed E-state index contributed by atoms with van der Waals surface area (Å²) in [6.07, 6.45) is 0.153. The Bertz CT molecular complexity index is 571. The minimum absolute atomic E-state index is 0.153. The highest BCUT2D eigenvalue weighted by molar-refractivity contribution is 6.37.